The minimum atomic E-state index is -0.753. The summed E-state index contributed by atoms with van der Waals surface area (Å²) in [5.74, 6) is 1.26. The predicted molar refractivity (Wildman–Crippen MR) is 142 cm³/mol. The van der Waals surface area contributed by atoms with Gasteiger partial charge in [-0.2, -0.15) is 0 Å². The average molecular weight is 472 g/mol. The summed E-state index contributed by atoms with van der Waals surface area (Å²) in [5.41, 5.74) is 5.64. The van der Waals surface area contributed by atoms with Gasteiger partial charge >= 0.3 is 6.16 Å². The van der Waals surface area contributed by atoms with Crippen molar-refractivity contribution >= 4 is 17.3 Å². The van der Waals surface area contributed by atoms with Gasteiger partial charge in [-0.05, 0) is 72.6 Å². The number of ether oxygens (including phenoxy) is 3. The molecule has 35 heavy (non-hydrogen) atoms. The standard InChI is InChI=1S/C30H33NO4/c1-5-21-34-30(32)35-27-18-14-25(15-19-27)29(28(6-2)23-10-8-7-9-11-23)24-12-16-26(17-13-24)33-22-20-31(3)4/h5,7-19H,1,6,20-22H2,2-4H3. The van der Waals surface area contributed by atoms with Crippen LogP contribution in [0.5, 0.6) is 11.5 Å². The molecule has 0 saturated carbocycles. The summed E-state index contributed by atoms with van der Waals surface area (Å²) >= 11 is 0. The van der Waals surface area contributed by atoms with Gasteiger partial charge in [0.1, 0.15) is 24.7 Å². The van der Waals surface area contributed by atoms with Crippen molar-refractivity contribution in [1.82, 2.24) is 4.90 Å². The molecule has 0 amide bonds. The third-order valence-electron chi connectivity index (χ3n) is 5.39. The number of benzene rings is 3. The van der Waals surface area contributed by atoms with E-state index in [1.54, 1.807) is 12.1 Å². The van der Waals surface area contributed by atoms with Crippen LogP contribution >= 0.6 is 0 Å². The highest BCUT2D eigenvalue weighted by Crippen LogP contribution is 2.35. The van der Waals surface area contributed by atoms with Crippen LogP contribution in [0.15, 0.2) is 91.5 Å². The SMILES string of the molecule is C=CCOC(=O)Oc1ccc(C(=C(CC)c2ccccc2)c2ccc(OCCN(C)C)cc2)cc1. The maximum absolute atomic E-state index is 11.8. The van der Waals surface area contributed by atoms with E-state index in [0.29, 0.717) is 12.4 Å². The molecule has 5 nitrogen and oxygen atoms in total. The first-order valence-corrected chi connectivity index (χ1v) is 11.7. The molecular weight excluding hydrogens is 438 g/mol. The highest BCUT2D eigenvalue weighted by atomic mass is 16.7. The van der Waals surface area contributed by atoms with Gasteiger partial charge in [0.25, 0.3) is 0 Å². The monoisotopic (exact) mass is 471 g/mol. The smallest absolute Gasteiger partial charge is 0.492 e. The zero-order valence-electron chi connectivity index (χ0n) is 20.7. The Morgan fingerprint density at radius 2 is 1.46 bits per heavy atom. The fraction of sp³-hybridized carbons (Fsp3) is 0.233. The molecule has 182 valence electrons. The van der Waals surface area contributed by atoms with Gasteiger partial charge in [0.2, 0.25) is 0 Å². The van der Waals surface area contributed by atoms with Crippen molar-refractivity contribution in [2.24, 2.45) is 0 Å². The molecule has 0 saturated heterocycles. The Balaban J connectivity index is 1.95. The maximum Gasteiger partial charge on any atom is 0.514 e. The summed E-state index contributed by atoms with van der Waals surface area (Å²) in [6.07, 6.45) is 1.60. The van der Waals surface area contributed by atoms with E-state index in [1.165, 1.54) is 17.2 Å². The number of likely N-dealkylation sites (N-methyl/N-ethyl adjacent to an activating group) is 1. The molecule has 5 heteroatoms. The molecule has 3 rings (SSSR count). The van der Waals surface area contributed by atoms with Gasteiger partial charge in [0.15, 0.2) is 0 Å². The summed E-state index contributed by atoms with van der Waals surface area (Å²) in [4.78, 5) is 13.9. The van der Waals surface area contributed by atoms with E-state index in [4.69, 9.17) is 14.2 Å². The maximum atomic E-state index is 11.8. The Hall–Kier alpha value is -3.83. The van der Waals surface area contributed by atoms with Crippen molar-refractivity contribution in [2.45, 2.75) is 13.3 Å². The highest BCUT2D eigenvalue weighted by molar-refractivity contribution is 5.98. The summed E-state index contributed by atoms with van der Waals surface area (Å²) in [5, 5.41) is 0. The third kappa shape index (κ3) is 7.59. The van der Waals surface area contributed by atoms with Crippen molar-refractivity contribution < 1.29 is 19.0 Å². The minimum absolute atomic E-state index is 0.107. The first kappa shape index (κ1) is 25.8. The molecule has 0 aliphatic rings. The number of rotatable bonds is 11. The van der Waals surface area contributed by atoms with Crippen LogP contribution in [0.3, 0.4) is 0 Å². The molecule has 0 bridgehead atoms. The van der Waals surface area contributed by atoms with Crippen molar-refractivity contribution in [3.05, 3.63) is 108 Å². The normalized spacial score (nSPS) is 11.5. The van der Waals surface area contributed by atoms with Crippen LogP contribution in [0.2, 0.25) is 0 Å². The molecule has 3 aromatic rings. The van der Waals surface area contributed by atoms with Crippen molar-refractivity contribution in [2.75, 3.05) is 33.9 Å². The molecule has 0 aliphatic heterocycles. The number of allylic oxidation sites excluding steroid dienone is 1. The third-order valence-corrected chi connectivity index (χ3v) is 5.39. The zero-order chi connectivity index (χ0) is 25.0. The van der Waals surface area contributed by atoms with E-state index in [0.717, 1.165) is 35.4 Å². The Labute approximate surface area is 208 Å². The lowest BCUT2D eigenvalue weighted by atomic mass is 9.88. The van der Waals surface area contributed by atoms with E-state index in [2.05, 4.69) is 54.8 Å². The number of nitrogens with zero attached hydrogens (tertiary/aromatic N) is 1. The van der Waals surface area contributed by atoms with Crippen LogP contribution in [0.1, 0.15) is 30.0 Å². The molecule has 0 heterocycles. The Bertz CT molecular complexity index is 1120. The fourth-order valence-electron chi connectivity index (χ4n) is 3.69. The van der Waals surface area contributed by atoms with E-state index >= 15 is 0 Å². The van der Waals surface area contributed by atoms with Gasteiger partial charge in [-0.25, -0.2) is 4.79 Å². The molecule has 0 aliphatic carbocycles. The lowest BCUT2D eigenvalue weighted by Gasteiger charge is -2.17. The van der Waals surface area contributed by atoms with Crippen molar-refractivity contribution in [3.8, 4) is 11.5 Å². The lowest BCUT2D eigenvalue weighted by molar-refractivity contribution is 0.109. The van der Waals surface area contributed by atoms with Crippen LogP contribution in [0.25, 0.3) is 11.1 Å². The van der Waals surface area contributed by atoms with Crippen LogP contribution in [-0.4, -0.2) is 44.9 Å². The predicted octanol–water partition coefficient (Wildman–Crippen LogP) is 6.70. The molecule has 0 aromatic heterocycles. The molecule has 0 spiro atoms. The number of carbonyl (C=O) groups excluding carboxylic acids is 1. The number of hydrogen-bond donors (Lipinski definition) is 0. The average Bonchev–Trinajstić information content (AvgIpc) is 2.87. The Morgan fingerprint density at radius 1 is 0.857 bits per heavy atom. The summed E-state index contributed by atoms with van der Waals surface area (Å²) in [7, 11) is 4.06. The number of hydrogen-bond acceptors (Lipinski definition) is 5. The Kier molecular flexibility index (Phi) is 9.69. The summed E-state index contributed by atoms with van der Waals surface area (Å²) in [6, 6.07) is 26.1. The first-order valence-electron chi connectivity index (χ1n) is 11.7. The molecular formula is C30H33NO4. The van der Waals surface area contributed by atoms with Gasteiger partial charge in [-0.3, -0.25) is 0 Å². The van der Waals surface area contributed by atoms with Crippen molar-refractivity contribution in [1.29, 1.82) is 0 Å². The van der Waals surface area contributed by atoms with Crippen LogP contribution in [0.4, 0.5) is 4.79 Å². The van der Waals surface area contributed by atoms with Gasteiger partial charge < -0.3 is 19.1 Å². The summed E-state index contributed by atoms with van der Waals surface area (Å²) in [6.45, 7) is 7.29. The van der Waals surface area contributed by atoms with E-state index in [-0.39, 0.29) is 6.61 Å². The molecule has 0 fully saturated rings. The van der Waals surface area contributed by atoms with Gasteiger partial charge in [0, 0.05) is 6.54 Å². The molecule has 0 N–H and O–H groups in total. The minimum Gasteiger partial charge on any atom is -0.492 e. The Morgan fingerprint density at radius 3 is 2.00 bits per heavy atom. The topological polar surface area (TPSA) is 48.0 Å². The second-order valence-corrected chi connectivity index (χ2v) is 8.23. The highest BCUT2D eigenvalue weighted by Gasteiger charge is 2.14. The lowest BCUT2D eigenvalue weighted by Crippen LogP contribution is -2.19. The van der Waals surface area contributed by atoms with E-state index in [1.807, 2.05) is 44.4 Å². The molecule has 0 unspecified atom stereocenters. The number of carbonyl (C=O) groups is 1. The summed E-state index contributed by atoms with van der Waals surface area (Å²) < 4.78 is 16.0. The zero-order valence-corrected chi connectivity index (χ0v) is 20.7. The molecule has 0 radical (unpaired) electrons. The van der Waals surface area contributed by atoms with E-state index in [9.17, 15) is 4.79 Å². The fourth-order valence-corrected chi connectivity index (χ4v) is 3.69. The second kappa shape index (κ2) is 13.2. The van der Waals surface area contributed by atoms with Gasteiger partial charge in [0.05, 0.1) is 0 Å². The molecule has 3 aromatic carbocycles. The van der Waals surface area contributed by atoms with E-state index < -0.39 is 6.16 Å². The quantitative estimate of drug-likeness (QED) is 0.135. The van der Waals surface area contributed by atoms with Crippen LogP contribution in [0, 0.1) is 0 Å². The largest absolute Gasteiger partial charge is 0.514 e. The van der Waals surface area contributed by atoms with Crippen LogP contribution < -0.4 is 9.47 Å². The molecule has 0 atom stereocenters. The van der Waals surface area contributed by atoms with Gasteiger partial charge in [-0.15, -0.1) is 0 Å². The van der Waals surface area contributed by atoms with Crippen LogP contribution in [-0.2, 0) is 4.74 Å². The van der Waals surface area contributed by atoms with Crippen molar-refractivity contribution in [3.63, 3.8) is 0 Å². The van der Waals surface area contributed by atoms with Gasteiger partial charge in [-0.1, -0.05) is 74.2 Å². The second-order valence-electron chi connectivity index (χ2n) is 8.23. The first-order chi connectivity index (χ1) is 17.0.